The lowest BCUT2D eigenvalue weighted by Gasteiger charge is -2.27. The maximum Gasteiger partial charge on any atom is 0.232 e. The molecule has 39 heavy (non-hydrogen) atoms. The van der Waals surface area contributed by atoms with Crippen LogP contribution in [0.25, 0.3) is 22.6 Å². The summed E-state index contributed by atoms with van der Waals surface area (Å²) >= 11 is 0. The summed E-state index contributed by atoms with van der Waals surface area (Å²) in [6.45, 7) is 7.63. The molecule has 3 aromatic heterocycles. The Morgan fingerprint density at radius 1 is 1.03 bits per heavy atom. The first-order valence-electron chi connectivity index (χ1n) is 12.8. The Morgan fingerprint density at radius 3 is 2.49 bits per heavy atom. The highest BCUT2D eigenvalue weighted by Gasteiger charge is 2.18. The second-order valence-electron chi connectivity index (χ2n) is 9.81. The second kappa shape index (κ2) is 11.7. The molecule has 0 spiro atoms. The van der Waals surface area contributed by atoms with Crippen LogP contribution in [-0.2, 0) is 17.8 Å². The predicted molar refractivity (Wildman–Crippen MR) is 149 cm³/mol. The lowest BCUT2D eigenvalue weighted by molar-refractivity contribution is -0.115. The third-order valence-corrected chi connectivity index (χ3v) is 6.04. The summed E-state index contributed by atoms with van der Waals surface area (Å²) in [6.07, 6.45) is 0.0773. The molecule has 0 aliphatic carbocycles. The maximum atomic E-state index is 13.0. The monoisotopic (exact) mass is 522 g/mol. The van der Waals surface area contributed by atoms with Crippen molar-refractivity contribution in [3.05, 3.63) is 89.8 Å². The van der Waals surface area contributed by atoms with E-state index >= 15 is 0 Å². The molecule has 1 amide bonds. The standard InChI is InChI=1S/C29H30N8O2/c1-19(2)17-37(18-21-9-5-4-6-10-21)27-15-22(30-28(38)16-23-13-20(3)34-39-23)14-26(31-27)24-11-7-8-12-25(24)29-32-35-36-33-29/h4-15,19H,16-18H2,1-3H3,(H,30,31,38)(H,32,33,35,36). The number of carbonyl (C=O) groups is 1. The molecule has 0 bridgehead atoms. The van der Waals surface area contributed by atoms with E-state index in [1.807, 2.05) is 61.5 Å². The number of nitrogens with one attached hydrogen (secondary N) is 2. The van der Waals surface area contributed by atoms with Gasteiger partial charge in [-0.15, -0.1) is 5.10 Å². The largest absolute Gasteiger partial charge is 0.361 e. The Labute approximate surface area is 226 Å². The van der Waals surface area contributed by atoms with Gasteiger partial charge in [-0.2, -0.15) is 0 Å². The van der Waals surface area contributed by atoms with Gasteiger partial charge >= 0.3 is 0 Å². The molecule has 10 heteroatoms. The summed E-state index contributed by atoms with van der Waals surface area (Å²) in [6, 6.07) is 23.6. The third kappa shape index (κ3) is 6.53. The van der Waals surface area contributed by atoms with E-state index in [0.29, 0.717) is 35.4 Å². The van der Waals surface area contributed by atoms with Crippen molar-refractivity contribution in [2.45, 2.75) is 33.7 Å². The lowest BCUT2D eigenvalue weighted by Crippen LogP contribution is -2.28. The number of H-pyrrole nitrogens is 1. The fourth-order valence-corrected chi connectivity index (χ4v) is 4.42. The summed E-state index contributed by atoms with van der Waals surface area (Å²) in [5, 5.41) is 21.3. The highest BCUT2D eigenvalue weighted by atomic mass is 16.5. The summed E-state index contributed by atoms with van der Waals surface area (Å²) in [7, 11) is 0. The SMILES string of the molecule is Cc1cc(CC(=O)Nc2cc(-c3ccccc3-c3nnn[nH]3)nc(N(Cc3ccccc3)CC(C)C)c2)on1. The average Bonchev–Trinajstić information content (AvgIpc) is 3.60. The van der Waals surface area contributed by atoms with Gasteiger partial charge in [-0.1, -0.05) is 73.6 Å². The zero-order valence-electron chi connectivity index (χ0n) is 22.1. The van der Waals surface area contributed by atoms with Gasteiger partial charge in [0.15, 0.2) is 5.82 Å². The van der Waals surface area contributed by atoms with Crippen LogP contribution in [0.4, 0.5) is 11.5 Å². The average molecular weight is 523 g/mol. The van der Waals surface area contributed by atoms with Crippen molar-refractivity contribution >= 4 is 17.4 Å². The van der Waals surface area contributed by atoms with Crippen LogP contribution < -0.4 is 10.2 Å². The fourth-order valence-electron chi connectivity index (χ4n) is 4.42. The van der Waals surface area contributed by atoms with Crippen molar-refractivity contribution in [1.29, 1.82) is 0 Å². The second-order valence-corrected chi connectivity index (χ2v) is 9.81. The van der Waals surface area contributed by atoms with Crippen LogP contribution in [-0.4, -0.2) is 43.2 Å². The number of carbonyl (C=O) groups excluding carboxylic acids is 1. The molecule has 2 N–H and O–H groups in total. The van der Waals surface area contributed by atoms with Gasteiger partial charge in [-0.25, -0.2) is 10.1 Å². The molecule has 0 saturated heterocycles. The minimum Gasteiger partial charge on any atom is -0.361 e. The van der Waals surface area contributed by atoms with Crippen LogP contribution in [0.3, 0.4) is 0 Å². The van der Waals surface area contributed by atoms with Gasteiger partial charge in [0.25, 0.3) is 0 Å². The zero-order valence-corrected chi connectivity index (χ0v) is 22.1. The molecule has 0 saturated carbocycles. The normalized spacial score (nSPS) is 11.1. The van der Waals surface area contributed by atoms with Crippen LogP contribution in [0.2, 0.25) is 0 Å². The maximum absolute atomic E-state index is 13.0. The number of aromatic nitrogens is 6. The van der Waals surface area contributed by atoms with Crippen molar-refractivity contribution in [2.24, 2.45) is 5.92 Å². The molecule has 0 fully saturated rings. The molecule has 5 rings (SSSR count). The van der Waals surface area contributed by atoms with Gasteiger partial charge in [0.2, 0.25) is 5.91 Å². The summed E-state index contributed by atoms with van der Waals surface area (Å²) in [5.41, 5.74) is 4.86. The predicted octanol–water partition coefficient (Wildman–Crippen LogP) is 5.07. The lowest BCUT2D eigenvalue weighted by atomic mass is 10.0. The molecule has 0 radical (unpaired) electrons. The van der Waals surface area contributed by atoms with E-state index in [1.54, 1.807) is 6.07 Å². The number of amides is 1. The van der Waals surface area contributed by atoms with Crippen LogP contribution >= 0.6 is 0 Å². The molecular weight excluding hydrogens is 492 g/mol. The van der Waals surface area contributed by atoms with Crippen molar-refractivity contribution in [1.82, 2.24) is 30.8 Å². The number of pyridine rings is 1. The molecule has 0 aliphatic rings. The van der Waals surface area contributed by atoms with Gasteiger partial charge < -0.3 is 14.7 Å². The molecular formula is C29H30N8O2. The van der Waals surface area contributed by atoms with Crippen molar-refractivity contribution < 1.29 is 9.32 Å². The van der Waals surface area contributed by atoms with Gasteiger partial charge in [0.05, 0.1) is 17.8 Å². The van der Waals surface area contributed by atoms with Crippen molar-refractivity contribution in [3.8, 4) is 22.6 Å². The Morgan fingerprint density at radius 2 is 1.79 bits per heavy atom. The van der Waals surface area contributed by atoms with Gasteiger partial charge in [0, 0.05) is 42.0 Å². The molecule has 198 valence electrons. The minimum absolute atomic E-state index is 0.0773. The number of rotatable bonds is 10. The highest BCUT2D eigenvalue weighted by molar-refractivity contribution is 5.93. The first kappa shape index (κ1) is 25.8. The Bertz CT molecular complexity index is 1530. The molecule has 10 nitrogen and oxygen atoms in total. The van der Waals surface area contributed by atoms with E-state index in [-0.39, 0.29) is 12.3 Å². The topological polar surface area (TPSA) is 126 Å². The number of aromatic amines is 1. The van der Waals surface area contributed by atoms with Crippen LogP contribution in [0.5, 0.6) is 0 Å². The molecule has 0 unspecified atom stereocenters. The summed E-state index contributed by atoms with van der Waals surface area (Å²) < 4.78 is 5.24. The number of anilines is 2. The Kier molecular flexibility index (Phi) is 7.72. The van der Waals surface area contributed by atoms with Crippen molar-refractivity contribution in [3.63, 3.8) is 0 Å². The van der Waals surface area contributed by atoms with E-state index in [1.165, 1.54) is 5.56 Å². The van der Waals surface area contributed by atoms with Crippen LogP contribution in [0.15, 0.2) is 77.3 Å². The zero-order chi connectivity index (χ0) is 27.2. The number of hydrogen-bond acceptors (Lipinski definition) is 8. The van der Waals surface area contributed by atoms with E-state index in [4.69, 9.17) is 9.51 Å². The smallest absolute Gasteiger partial charge is 0.232 e. The molecule has 0 atom stereocenters. The highest BCUT2D eigenvalue weighted by Crippen LogP contribution is 2.33. The number of tetrazole rings is 1. The number of aryl methyl sites for hydroxylation is 1. The van der Waals surface area contributed by atoms with Gasteiger partial charge in [-0.05, 0) is 34.9 Å². The Balaban J connectivity index is 1.56. The number of hydrogen-bond donors (Lipinski definition) is 2. The van der Waals surface area contributed by atoms with E-state index in [0.717, 1.165) is 29.2 Å². The fraction of sp³-hybridized carbons (Fsp3) is 0.241. The van der Waals surface area contributed by atoms with Gasteiger partial charge in [0.1, 0.15) is 11.6 Å². The van der Waals surface area contributed by atoms with E-state index in [9.17, 15) is 4.79 Å². The van der Waals surface area contributed by atoms with E-state index < -0.39 is 0 Å². The van der Waals surface area contributed by atoms with Gasteiger partial charge in [-0.3, -0.25) is 4.79 Å². The van der Waals surface area contributed by atoms with Crippen LogP contribution in [0.1, 0.15) is 30.9 Å². The summed E-state index contributed by atoms with van der Waals surface area (Å²) in [4.78, 5) is 20.3. The molecule has 3 heterocycles. The van der Waals surface area contributed by atoms with E-state index in [2.05, 4.69) is 62.0 Å². The molecule has 0 aliphatic heterocycles. The van der Waals surface area contributed by atoms with Crippen molar-refractivity contribution in [2.75, 3.05) is 16.8 Å². The van der Waals surface area contributed by atoms with Crippen LogP contribution in [0, 0.1) is 12.8 Å². The number of nitrogens with zero attached hydrogens (tertiary/aromatic N) is 6. The minimum atomic E-state index is -0.208. The first-order valence-corrected chi connectivity index (χ1v) is 12.8. The number of benzene rings is 2. The molecule has 2 aromatic carbocycles. The summed E-state index contributed by atoms with van der Waals surface area (Å²) in [5.74, 6) is 1.97. The Hall–Kier alpha value is -4.86. The third-order valence-electron chi connectivity index (χ3n) is 6.04. The molecule has 5 aromatic rings. The quantitative estimate of drug-likeness (QED) is 0.260. The first-order chi connectivity index (χ1) is 18.9.